The minimum Gasteiger partial charge on any atom is -0.467 e. The van der Waals surface area contributed by atoms with Crippen LogP contribution in [0.5, 0.6) is 0 Å². The smallest absolute Gasteiger partial charge is 0.328 e. The lowest BCUT2D eigenvalue weighted by atomic mass is 9.80. The normalized spacial score (nSPS) is 15.2. The van der Waals surface area contributed by atoms with E-state index in [9.17, 15) is 36.0 Å². The number of amides is 1. The standard InChI is InChI=1S/C28H34Cl2N2O5S2.C21H32N2O4S2.C7H3Cl3O/c1-37-26(34)23(32-27(38)28(14-3-4-15-28)16-5-6-17-39(2,35)36)18-19-10-12-20(13-11-19)31-25(33)24-21(29)8-7-9-22(24)30;1-27-19(24)18(15-16-7-9-17(22)10-8-16)23-20(28)21(11-3-4-12-21)13-5-6-14-29(2,25)26;8-4-2-1-3-5(9)6(4)7(10)11/h7-13,23H,3-6,14-18H2,1-2H3,(H,31,33)(H,32,38);7-10,18H,3-6,11-15,22H2,1-2H3,(H,23,28);1-3H. The molecule has 4 aromatic carbocycles. The molecule has 5 N–H and O–H groups in total. The fourth-order valence-corrected chi connectivity index (χ4v) is 13.5. The average Bonchev–Trinajstić information content (AvgIpc) is 4.12. The maximum Gasteiger partial charge on any atom is 0.328 e. The van der Waals surface area contributed by atoms with Crippen molar-refractivity contribution in [3.63, 3.8) is 0 Å². The van der Waals surface area contributed by atoms with Gasteiger partial charge in [0, 0.05) is 59.1 Å². The highest BCUT2D eigenvalue weighted by atomic mass is 35.5. The van der Waals surface area contributed by atoms with Crippen molar-refractivity contribution in [2.75, 3.05) is 49.3 Å². The number of benzene rings is 4. The molecule has 0 saturated heterocycles. The monoisotopic (exact) mass is 1260 g/mol. The Balaban J connectivity index is 0.000000293. The molecule has 2 fully saturated rings. The van der Waals surface area contributed by atoms with Crippen LogP contribution >= 0.6 is 82.4 Å². The van der Waals surface area contributed by atoms with E-state index in [1.165, 1.54) is 26.7 Å². The predicted molar refractivity (Wildman–Crippen MR) is 328 cm³/mol. The van der Waals surface area contributed by atoms with Gasteiger partial charge in [-0.3, -0.25) is 9.59 Å². The Morgan fingerprint density at radius 2 is 0.937 bits per heavy atom. The summed E-state index contributed by atoms with van der Waals surface area (Å²) in [6, 6.07) is 22.9. The van der Waals surface area contributed by atoms with Crippen LogP contribution in [0.15, 0.2) is 84.9 Å². The van der Waals surface area contributed by atoms with Gasteiger partial charge in [0.15, 0.2) is 0 Å². The number of hydrogen-bond donors (Lipinski definition) is 4. The number of unbranched alkanes of at least 4 members (excludes halogenated alkanes) is 2. The first-order chi connectivity index (χ1) is 37.2. The van der Waals surface area contributed by atoms with E-state index >= 15 is 0 Å². The zero-order valence-corrected chi connectivity index (χ0v) is 51.7. The maximum absolute atomic E-state index is 12.7. The summed E-state index contributed by atoms with van der Waals surface area (Å²) in [6.45, 7) is 0. The van der Waals surface area contributed by atoms with Gasteiger partial charge in [-0.05, 0) is 123 Å². The molecule has 0 heterocycles. The summed E-state index contributed by atoms with van der Waals surface area (Å²) < 4.78 is 55.9. The van der Waals surface area contributed by atoms with E-state index in [1.807, 2.05) is 36.4 Å². The van der Waals surface area contributed by atoms with E-state index in [0.717, 1.165) is 88.2 Å². The Kier molecular flexibility index (Phi) is 27.2. The molecule has 432 valence electrons. The van der Waals surface area contributed by atoms with Crippen LogP contribution < -0.4 is 21.7 Å². The van der Waals surface area contributed by atoms with Gasteiger partial charge in [-0.15, -0.1) is 0 Å². The molecule has 6 rings (SSSR count). The Bertz CT molecular complexity index is 2930. The first-order valence-corrected chi connectivity index (χ1v) is 32.5. The minimum absolute atomic E-state index is 0.163. The molecule has 2 saturated carbocycles. The third-order valence-electron chi connectivity index (χ3n) is 13.9. The highest BCUT2D eigenvalue weighted by Gasteiger charge is 2.40. The van der Waals surface area contributed by atoms with E-state index < -0.39 is 48.9 Å². The van der Waals surface area contributed by atoms with Crippen molar-refractivity contribution in [3.05, 3.63) is 127 Å². The summed E-state index contributed by atoms with van der Waals surface area (Å²) in [5.41, 5.74) is 8.74. The van der Waals surface area contributed by atoms with Gasteiger partial charge in [-0.2, -0.15) is 0 Å². The molecule has 4 aromatic rings. The predicted octanol–water partition coefficient (Wildman–Crippen LogP) is 12.4. The van der Waals surface area contributed by atoms with Gasteiger partial charge in [0.05, 0.1) is 55.4 Å². The van der Waals surface area contributed by atoms with Gasteiger partial charge in [-0.25, -0.2) is 26.4 Å². The third-order valence-corrected chi connectivity index (χ3v) is 18.5. The molecule has 23 heteroatoms. The topological polar surface area (TPSA) is 217 Å². The molecule has 0 aliphatic heterocycles. The lowest BCUT2D eigenvalue weighted by Crippen LogP contribution is -2.48. The quantitative estimate of drug-likeness (QED) is 0.0179. The van der Waals surface area contributed by atoms with E-state index in [2.05, 4.69) is 16.0 Å². The number of carbonyl (C=O) groups is 4. The number of esters is 2. The lowest BCUT2D eigenvalue weighted by molar-refractivity contribution is -0.143. The molecule has 1 amide bonds. The second-order valence-corrected chi connectivity index (χ2v) is 27.3. The van der Waals surface area contributed by atoms with Crippen molar-refractivity contribution < 1.29 is 45.5 Å². The van der Waals surface area contributed by atoms with E-state index in [4.69, 9.17) is 97.6 Å². The largest absolute Gasteiger partial charge is 0.467 e. The Morgan fingerprint density at radius 1 is 0.582 bits per heavy atom. The van der Waals surface area contributed by atoms with Crippen LogP contribution in [0, 0.1) is 10.8 Å². The van der Waals surface area contributed by atoms with Gasteiger partial charge < -0.3 is 31.2 Å². The molecule has 2 aliphatic rings. The van der Waals surface area contributed by atoms with Crippen LogP contribution in [0.1, 0.15) is 122 Å². The number of nitrogens with two attached hydrogens (primary N) is 1. The molecule has 79 heavy (non-hydrogen) atoms. The Hall–Kier alpha value is -4.11. The van der Waals surface area contributed by atoms with Gasteiger partial charge in [-0.1, -0.05) is 146 Å². The molecule has 2 atom stereocenters. The van der Waals surface area contributed by atoms with E-state index in [0.29, 0.717) is 47.0 Å². The van der Waals surface area contributed by atoms with Crippen molar-refractivity contribution in [1.29, 1.82) is 0 Å². The number of hydrogen-bond acceptors (Lipinski definition) is 13. The fourth-order valence-electron chi connectivity index (χ4n) is 9.68. The number of carbonyl (C=O) groups excluding carboxylic acids is 4. The first kappa shape index (κ1) is 67.4. The second-order valence-electron chi connectivity index (χ2n) is 20.0. The summed E-state index contributed by atoms with van der Waals surface area (Å²) in [5.74, 6) is -0.833. The summed E-state index contributed by atoms with van der Waals surface area (Å²) in [7, 11) is -3.23. The van der Waals surface area contributed by atoms with Crippen LogP contribution in [-0.2, 0) is 51.6 Å². The zero-order chi connectivity index (χ0) is 58.6. The molecule has 0 spiro atoms. The SMILES string of the molecule is COC(=O)C(Cc1ccc(N)cc1)NC(=S)C1(CCCCS(C)(=O)=O)CCCC1.COC(=O)C(Cc1ccc(NC(=O)c2c(Cl)cccc2Cl)cc1)NC(=S)C1(CCCCS(C)(=O)=O)CCCC1.O=C(Cl)c1c(Cl)cccc1Cl. The molecule has 2 aliphatic carbocycles. The van der Waals surface area contributed by atoms with Crippen LogP contribution in [0.25, 0.3) is 0 Å². The third kappa shape index (κ3) is 22.0. The number of ether oxygens (including phenoxy) is 2. The molecular formula is C56H69Cl5N4O10S4. The van der Waals surface area contributed by atoms with Gasteiger partial charge in [0.2, 0.25) is 0 Å². The van der Waals surface area contributed by atoms with Gasteiger partial charge >= 0.3 is 11.9 Å². The van der Waals surface area contributed by atoms with Crippen LogP contribution in [0.2, 0.25) is 20.1 Å². The lowest BCUT2D eigenvalue weighted by Gasteiger charge is -2.33. The molecule has 0 radical (unpaired) electrons. The number of anilines is 2. The Labute approximate surface area is 501 Å². The van der Waals surface area contributed by atoms with Crippen molar-refractivity contribution >= 4 is 147 Å². The number of sulfone groups is 2. The summed E-state index contributed by atoms with van der Waals surface area (Å²) >= 11 is 40.4. The minimum atomic E-state index is -3.00. The highest BCUT2D eigenvalue weighted by molar-refractivity contribution is 7.90. The van der Waals surface area contributed by atoms with Crippen LogP contribution in [0.3, 0.4) is 0 Å². The fraction of sp³-hybridized carbons (Fsp3) is 0.464. The summed E-state index contributed by atoms with van der Waals surface area (Å²) in [6.07, 6.45) is 15.7. The number of thiocarbonyl (C=S) groups is 2. The number of halogens is 5. The Morgan fingerprint density at radius 3 is 1.27 bits per heavy atom. The van der Waals surface area contributed by atoms with Crippen LogP contribution in [0.4, 0.5) is 11.4 Å². The van der Waals surface area contributed by atoms with Crippen LogP contribution in [-0.4, -0.2) is 100 Å². The molecule has 2 unspecified atom stereocenters. The number of nitrogen functional groups attached to an aromatic ring is 1. The molecular weight excluding hydrogens is 1190 g/mol. The first-order valence-electron chi connectivity index (χ1n) is 25.7. The number of rotatable bonds is 23. The van der Waals surface area contributed by atoms with E-state index in [1.54, 1.807) is 48.5 Å². The number of methoxy groups -OCH3 is 2. The number of nitrogens with one attached hydrogen (secondary N) is 3. The van der Waals surface area contributed by atoms with E-state index in [-0.39, 0.29) is 59.5 Å². The van der Waals surface area contributed by atoms with Gasteiger partial charge in [0.25, 0.3) is 11.1 Å². The summed E-state index contributed by atoms with van der Waals surface area (Å²) in [5, 5.41) is 9.77. The van der Waals surface area contributed by atoms with Crippen molar-refractivity contribution in [3.8, 4) is 0 Å². The highest BCUT2D eigenvalue weighted by Crippen LogP contribution is 2.45. The van der Waals surface area contributed by atoms with Gasteiger partial charge in [0.1, 0.15) is 31.8 Å². The second kappa shape index (κ2) is 31.9. The van der Waals surface area contributed by atoms with Crippen molar-refractivity contribution in [2.24, 2.45) is 10.8 Å². The summed E-state index contributed by atoms with van der Waals surface area (Å²) in [4.78, 5) is 49.7. The molecule has 0 aromatic heterocycles. The maximum atomic E-state index is 12.7. The van der Waals surface area contributed by atoms with Crippen molar-refractivity contribution in [2.45, 2.75) is 115 Å². The van der Waals surface area contributed by atoms with Crippen molar-refractivity contribution in [1.82, 2.24) is 10.6 Å². The molecule has 0 bridgehead atoms. The average molecular weight is 1260 g/mol. The molecule has 14 nitrogen and oxygen atoms in total. The zero-order valence-electron chi connectivity index (χ0n) is 44.6.